The highest BCUT2D eigenvalue weighted by molar-refractivity contribution is 6.56. The molecule has 1 heteroatoms. The summed E-state index contributed by atoms with van der Waals surface area (Å²) in [7, 11) is 0. The molecule has 0 amide bonds. The molecule has 0 saturated heterocycles. The van der Waals surface area contributed by atoms with E-state index in [1.807, 2.05) is 6.08 Å². The molecule has 0 aliphatic rings. The zero-order valence-corrected chi connectivity index (χ0v) is 5.72. The SMILES string of the molecule is C=C[CH2][Al]([CH3])[CH3]. The summed E-state index contributed by atoms with van der Waals surface area (Å²) in [6.07, 6.45) is 2.01. The fourth-order valence-corrected chi connectivity index (χ4v) is 1.00. The standard InChI is InChI=1S/C3H5.2CH3.Al/c1-3-2;;;/h3H,1-2H2;2*1H3;. The summed E-state index contributed by atoms with van der Waals surface area (Å²) in [5.41, 5.74) is 0. The summed E-state index contributed by atoms with van der Waals surface area (Å²) in [6, 6.07) is 0. The lowest BCUT2D eigenvalue weighted by Crippen LogP contribution is -1.93. The Morgan fingerprint density at radius 3 is 2.17 bits per heavy atom. The molecule has 0 radical (unpaired) electrons. The van der Waals surface area contributed by atoms with E-state index in [0.717, 1.165) is 0 Å². The third kappa shape index (κ3) is 4.27. The molecule has 0 aliphatic carbocycles. The van der Waals surface area contributed by atoms with Crippen LogP contribution in [0.3, 0.4) is 0 Å². The van der Waals surface area contributed by atoms with Gasteiger partial charge in [-0.05, 0) is 0 Å². The first kappa shape index (κ1) is 6.27. The Labute approximate surface area is 44.3 Å². The first-order valence-electron chi connectivity index (χ1n) is 2.38. The van der Waals surface area contributed by atoms with Crippen LogP contribution in [0.1, 0.15) is 0 Å². The van der Waals surface area contributed by atoms with E-state index in [2.05, 4.69) is 18.2 Å². The summed E-state index contributed by atoms with van der Waals surface area (Å²) < 4.78 is 0. The predicted octanol–water partition coefficient (Wildman–Crippen LogP) is 1.93. The molecule has 0 aromatic heterocycles. The van der Waals surface area contributed by atoms with Crippen LogP contribution in [-0.2, 0) is 0 Å². The molecule has 0 unspecified atom stereocenters. The van der Waals surface area contributed by atoms with E-state index in [4.69, 9.17) is 0 Å². The van der Waals surface area contributed by atoms with Crippen molar-refractivity contribution in [1.29, 1.82) is 0 Å². The first-order chi connectivity index (χ1) is 2.77. The third-order valence-corrected chi connectivity index (χ3v) is 1.91. The number of hydrogen-bond acceptors (Lipinski definition) is 0. The molecule has 0 atom stereocenters. The quantitative estimate of drug-likeness (QED) is 0.365. The molecular formula is C5H11Al. The molecule has 0 spiro atoms. The predicted molar refractivity (Wildman–Crippen MR) is 32.5 cm³/mol. The minimum Gasteiger partial charge on any atom is -0.106 e. The fourth-order valence-electron chi connectivity index (χ4n) is 0.333. The van der Waals surface area contributed by atoms with Crippen molar-refractivity contribution in [2.75, 3.05) is 0 Å². The van der Waals surface area contributed by atoms with Gasteiger partial charge in [-0.3, -0.25) is 0 Å². The smallest absolute Gasteiger partial charge is 0.106 e. The topological polar surface area (TPSA) is 0 Å². The maximum absolute atomic E-state index is 3.64. The molecule has 0 aromatic carbocycles. The van der Waals surface area contributed by atoms with Crippen molar-refractivity contribution in [1.82, 2.24) is 0 Å². The van der Waals surface area contributed by atoms with Gasteiger partial charge in [0.2, 0.25) is 0 Å². The number of allylic oxidation sites excluding steroid dienone is 1. The minimum absolute atomic E-state index is 0.289. The molecule has 0 N–H and O–H groups in total. The molecule has 0 fully saturated rings. The highest BCUT2D eigenvalue weighted by Gasteiger charge is 1.93. The van der Waals surface area contributed by atoms with Gasteiger partial charge in [0.05, 0.1) is 0 Å². The van der Waals surface area contributed by atoms with Crippen molar-refractivity contribution in [3.05, 3.63) is 12.7 Å². The number of hydrogen-bond donors (Lipinski definition) is 0. The Bertz CT molecular complexity index is 39.2. The molecule has 0 bridgehead atoms. The van der Waals surface area contributed by atoms with Crippen LogP contribution in [0.4, 0.5) is 0 Å². The van der Waals surface area contributed by atoms with Crippen LogP contribution in [0.5, 0.6) is 0 Å². The van der Waals surface area contributed by atoms with Gasteiger partial charge in [-0.25, -0.2) is 0 Å². The fraction of sp³-hybridized carbons (Fsp3) is 0.600. The second-order valence-corrected chi connectivity index (χ2v) is 5.18. The van der Waals surface area contributed by atoms with Crippen molar-refractivity contribution in [2.24, 2.45) is 0 Å². The van der Waals surface area contributed by atoms with Crippen LogP contribution in [0.2, 0.25) is 16.9 Å². The van der Waals surface area contributed by atoms with Gasteiger partial charge in [0, 0.05) is 0 Å². The van der Waals surface area contributed by atoms with E-state index in [1.165, 1.54) is 5.28 Å². The van der Waals surface area contributed by atoms with Gasteiger partial charge in [-0.15, -0.1) is 24.2 Å². The monoisotopic (exact) mass is 98.1 g/mol. The summed E-state index contributed by atoms with van der Waals surface area (Å²) in [4.78, 5) is 0. The lowest BCUT2D eigenvalue weighted by molar-refractivity contribution is 1.63. The van der Waals surface area contributed by atoms with Crippen LogP contribution in [0.15, 0.2) is 12.7 Å². The maximum atomic E-state index is 3.64. The summed E-state index contributed by atoms with van der Waals surface area (Å²) in [5.74, 6) is 4.64. The molecule has 0 aromatic rings. The summed E-state index contributed by atoms with van der Waals surface area (Å²) >= 11 is -0.289. The Morgan fingerprint density at radius 2 is 2.17 bits per heavy atom. The van der Waals surface area contributed by atoms with Crippen molar-refractivity contribution in [3.63, 3.8) is 0 Å². The van der Waals surface area contributed by atoms with E-state index in [9.17, 15) is 0 Å². The summed E-state index contributed by atoms with van der Waals surface area (Å²) in [5, 5.41) is 1.28. The molecule has 6 heavy (non-hydrogen) atoms. The van der Waals surface area contributed by atoms with Gasteiger partial charge in [-0.2, -0.15) is 0 Å². The number of rotatable bonds is 2. The lowest BCUT2D eigenvalue weighted by Gasteiger charge is -1.83. The Balaban J connectivity index is 2.81. The maximum Gasteiger partial charge on any atom is 0.259 e. The van der Waals surface area contributed by atoms with Gasteiger partial charge < -0.3 is 0 Å². The average Bonchev–Trinajstić information content (AvgIpc) is 1.35. The van der Waals surface area contributed by atoms with Crippen LogP contribution in [0, 0.1) is 0 Å². The van der Waals surface area contributed by atoms with Gasteiger partial charge in [0.25, 0.3) is 14.1 Å². The van der Waals surface area contributed by atoms with Crippen molar-refractivity contribution in [2.45, 2.75) is 16.9 Å². The lowest BCUT2D eigenvalue weighted by atomic mass is 10.8. The third-order valence-electron chi connectivity index (χ3n) is 0.638. The van der Waals surface area contributed by atoms with Gasteiger partial charge in [-0.1, -0.05) is 5.28 Å². The minimum atomic E-state index is -0.289. The van der Waals surface area contributed by atoms with Crippen molar-refractivity contribution >= 4 is 14.1 Å². The van der Waals surface area contributed by atoms with Gasteiger partial charge in [0.1, 0.15) is 0 Å². The van der Waals surface area contributed by atoms with Crippen molar-refractivity contribution < 1.29 is 0 Å². The zero-order valence-electron chi connectivity index (χ0n) is 4.57. The van der Waals surface area contributed by atoms with Crippen LogP contribution >= 0.6 is 0 Å². The van der Waals surface area contributed by atoms with Gasteiger partial charge >= 0.3 is 0 Å². The largest absolute Gasteiger partial charge is 0.259 e. The Morgan fingerprint density at radius 1 is 1.67 bits per heavy atom. The first-order valence-corrected chi connectivity index (χ1v) is 5.51. The molecule has 0 aliphatic heterocycles. The average molecular weight is 98.1 g/mol. The van der Waals surface area contributed by atoms with Gasteiger partial charge in [0.15, 0.2) is 0 Å². The highest BCUT2D eigenvalue weighted by Crippen LogP contribution is 1.87. The van der Waals surface area contributed by atoms with E-state index in [0.29, 0.717) is 0 Å². The zero-order chi connectivity index (χ0) is 4.99. The second-order valence-electron chi connectivity index (χ2n) is 1.92. The second kappa shape index (κ2) is 3.46. The van der Waals surface area contributed by atoms with Crippen LogP contribution in [-0.4, -0.2) is 14.1 Å². The van der Waals surface area contributed by atoms with Crippen LogP contribution in [0.25, 0.3) is 0 Å². The van der Waals surface area contributed by atoms with Crippen molar-refractivity contribution in [3.8, 4) is 0 Å². The normalized spacial score (nSPS) is 7.67. The molecule has 0 nitrogen and oxygen atoms in total. The molecule has 0 heterocycles. The summed E-state index contributed by atoms with van der Waals surface area (Å²) in [6.45, 7) is 3.64. The molecule has 0 rings (SSSR count). The molecular weight excluding hydrogens is 87.0 g/mol. The Kier molecular flexibility index (Phi) is 3.62. The highest BCUT2D eigenvalue weighted by atomic mass is 27.2. The van der Waals surface area contributed by atoms with E-state index in [1.54, 1.807) is 0 Å². The van der Waals surface area contributed by atoms with Crippen LogP contribution < -0.4 is 0 Å². The Hall–Kier alpha value is 0.272. The van der Waals surface area contributed by atoms with E-state index < -0.39 is 0 Å². The van der Waals surface area contributed by atoms with E-state index in [-0.39, 0.29) is 14.1 Å². The molecule has 34 valence electrons. The molecule has 0 saturated carbocycles. The van der Waals surface area contributed by atoms with E-state index >= 15 is 0 Å².